The van der Waals surface area contributed by atoms with Crippen LogP contribution in [0.2, 0.25) is 0 Å². The van der Waals surface area contributed by atoms with Crippen molar-refractivity contribution in [2.45, 2.75) is 18.2 Å². The van der Waals surface area contributed by atoms with Gasteiger partial charge in [0.15, 0.2) is 0 Å². The summed E-state index contributed by atoms with van der Waals surface area (Å²) in [7, 11) is 1.41. The van der Waals surface area contributed by atoms with Gasteiger partial charge in [-0.05, 0) is 42.3 Å². The lowest BCUT2D eigenvalue weighted by atomic mass is 10.2. The zero-order valence-electron chi connectivity index (χ0n) is 13.2. The lowest BCUT2D eigenvalue weighted by molar-refractivity contribution is -0.570. The highest BCUT2D eigenvalue weighted by atomic mass is 32.2. The number of methoxy groups -OCH3 is 1. The Kier molecular flexibility index (Phi) is 8.82. The number of nitrogens with two attached hydrogens (primary N) is 1. The topological polar surface area (TPSA) is 83.0 Å². The zero-order valence-corrected chi connectivity index (χ0v) is 14.0. The van der Waals surface area contributed by atoms with Crippen LogP contribution in [0.1, 0.15) is 12.0 Å². The lowest BCUT2D eigenvalue weighted by Gasteiger charge is -2.03. The summed E-state index contributed by atoms with van der Waals surface area (Å²) < 4.78 is 25.2. The molecule has 2 aromatic carbocycles. The van der Waals surface area contributed by atoms with E-state index in [0.29, 0.717) is 11.3 Å². The van der Waals surface area contributed by atoms with Crippen LogP contribution in [0.5, 0.6) is 0 Å². The molecule has 1 atom stereocenters. The van der Waals surface area contributed by atoms with Gasteiger partial charge in [0.2, 0.25) is 0 Å². The number of esters is 1. The molecule has 2 rings (SSSR count). The number of hydrogen-bond donors (Lipinski definition) is 1. The monoisotopic (exact) mass is 335 g/mol. The van der Waals surface area contributed by atoms with Crippen molar-refractivity contribution in [3.05, 3.63) is 60.2 Å². The Hall–Kier alpha value is -2.02. The third-order valence-electron chi connectivity index (χ3n) is 2.97. The quantitative estimate of drug-likeness (QED) is 0.512. The Balaban J connectivity index is 0.000000238. The van der Waals surface area contributed by atoms with Crippen LogP contribution in [0, 0.1) is 6.92 Å². The Labute approximate surface area is 139 Å². The number of carbonyl (C=O) groups is 1. The van der Waals surface area contributed by atoms with Crippen molar-refractivity contribution >= 4 is 22.7 Å². The van der Waals surface area contributed by atoms with Gasteiger partial charge in [-0.15, -0.1) is 0 Å². The number of hydrogen-bond acceptors (Lipinski definition) is 4. The summed E-state index contributed by atoms with van der Waals surface area (Å²) >= 11 is -2.09. The van der Waals surface area contributed by atoms with Gasteiger partial charge >= 0.3 is 5.97 Å². The number of carbonyl (C=O) groups excluding carboxylic acids is 1. The fourth-order valence-electron chi connectivity index (χ4n) is 1.70. The second-order valence-corrected chi connectivity index (χ2v) is 5.72. The third kappa shape index (κ3) is 8.25. The van der Waals surface area contributed by atoms with Crippen molar-refractivity contribution in [1.82, 2.24) is 0 Å². The van der Waals surface area contributed by atoms with Crippen LogP contribution in [0.4, 0.5) is 5.69 Å². The SMILES string of the molecule is COC(=O)CC[NH2+]c1ccccc1.Cc1ccc(S(=O)[O-])cc1. The molecule has 0 aromatic heterocycles. The van der Waals surface area contributed by atoms with E-state index in [9.17, 15) is 13.6 Å². The summed E-state index contributed by atoms with van der Waals surface area (Å²) in [6.45, 7) is 2.65. The highest BCUT2D eigenvalue weighted by Crippen LogP contribution is 2.05. The molecule has 5 nitrogen and oxygen atoms in total. The predicted octanol–water partition coefficient (Wildman–Crippen LogP) is 1.68. The second-order valence-electron chi connectivity index (χ2n) is 4.78. The summed E-state index contributed by atoms with van der Waals surface area (Å²) in [6.07, 6.45) is 0.450. The van der Waals surface area contributed by atoms with Gasteiger partial charge in [0.1, 0.15) is 5.69 Å². The number of rotatable bonds is 5. The van der Waals surface area contributed by atoms with Crippen LogP contribution < -0.4 is 5.32 Å². The van der Waals surface area contributed by atoms with Gasteiger partial charge < -0.3 is 14.6 Å². The van der Waals surface area contributed by atoms with Crippen molar-refractivity contribution in [3.8, 4) is 0 Å². The van der Waals surface area contributed by atoms with Gasteiger partial charge in [-0.2, -0.15) is 0 Å². The molecule has 0 amide bonds. The molecule has 0 spiro atoms. The first-order chi connectivity index (χ1) is 11.0. The molecule has 2 N–H and O–H groups in total. The number of quaternary nitrogens is 1. The summed E-state index contributed by atoms with van der Waals surface area (Å²) in [5, 5.41) is 2.02. The summed E-state index contributed by atoms with van der Waals surface area (Å²) in [4.78, 5) is 11.1. The van der Waals surface area contributed by atoms with Crippen molar-refractivity contribution in [3.63, 3.8) is 0 Å². The van der Waals surface area contributed by atoms with Crippen LogP contribution in [0.25, 0.3) is 0 Å². The van der Waals surface area contributed by atoms with Crippen LogP contribution >= 0.6 is 0 Å². The van der Waals surface area contributed by atoms with E-state index < -0.39 is 11.1 Å². The molecular weight excluding hydrogens is 314 g/mol. The summed E-state index contributed by atoms with van der Waals surface area (Å²) in [5.41, 5.74) is 2.21. The molecule has 2 aromatic rings. The van der Waals surface area contributed by atoms with Crippen LogP contribution in [-0.2, 0) is 20.6 Å². The maximum absolute atomic E-state index is 10.8. The van der Waals surface area contributed by atoms with E-state index in [1.165, 1.54) is 7.11 Å². The second kappa shape index (κ2) is 10.7. The van der Waals surface area contributed by atoms with Crippen LogP contribution in [-0.4, -0.2) is 28.4 Å². The van der Waals surface area contributed by atoms with Crippen LogP contribution in [0.15, 0.2) is 59.5 Å². The third-order valence-corrected chi connectivity index (χ3v) is 3.63. The van der Waals surface area contributed by atoms with Gasteiger partial charge in [-0.3, -0.25) is 9.00 Å². The summed E-state index contributed by atoms with van der Waals surface area (Å²) in [5.74, 6) is -0.160. The Morgan fingerprint density at radius 1 is 1.13 bits per heavy atom. The Bertz CT molecular complexity index is 614. The minimum Gasteiger partial charge on any atom is -0.768 e. The van der Waals surface area contributed by atoms with Crippen molar-refractivity contribution in [2.24, 2.45) is 0 Å². The average Bonchev–Trinajstić information content (AvgIpc) is 2.56. The first-order valence-corrected chi connectivity index (χ1v) is 8.21. The molecule has 0 aliphatic carbocycles. The highest BCUT2D eigenvalue weighted by molar-refractivity contribution is 7.79. The largest absolute Gasteiger partial charge is 0.768 e. The molecule has 0 fully saturated rings. The molecule has 0 aliphatic rings. The normalized spacial score (nSPS) is 11.1. The minimum absolute atomic E-state index is 0.160. The molecular formula is C17H21NO4S. The lowest BCUT2D eigenvalue weighted by Crippen LogP contribution is -2.78. The molecule has 23 heavy (non-hydrogen) atoms. The molecule has 0 saturated heterocycles. The highest BCUT2D eigenvalue weighted by Gasteiger charge is 2.01. The minimum atomic E-state index is -2.09. The van der Waals surface area contributed by atoms with E-state index in [2.05, 4.69) is 4.74 Å². The van der Waals surface area contributed by atoms with Gasteiger partial charge in [-0.25, -0.2) is 0 Å². The first kappa shape index (κ1) is 19.0. The van der Waals surface area contributed by atoms with E-state index >= 15 is 0 Å². The van der Waals surface area contributed by atoms with Gasteiger partial charge in [0, 0.05) is 4.90 Å². The number of aryl methyl sites for hydroxylation is 1. The first-order valence-electron chi connectivity index (χ1n) is 7.14. The maximum Gasteiger partial charge on any atom is 0.311 e. The van der Waals surface area contributed by atoms with Crippen molar-refractivity contribution < 1.29 is 23.6 Å². The molecule has 0 bridgehead atoms. The molecule has 0 aliphatic heterocycles. The maximum atomic E-state index is 10.8. The molecule has 6 heteroatoms. The standard InChI is InChI=1S/C10H13NO2.C7H8O2S/c1-13-10(12)7-8-11-9-5-3-2-4-6-9;1-6-2-4-7(5-3-6)10(8)9/h2-6,11H,7-8H2,1H3;2-5H,1H3,(H,8,9). The molecule has 0 heterocycles. The average molecular weight is 335 g/mol. The number of para-hydroxylation sites is 1. The van der Waals surface area contributed by atoms with E-state index in [4.69, 9.17) is 0 Å². The molecule has 0 saturated carbocycles. The van der Waals surface area contributed by atoms with Crippen molar-refractivity contribution in [1.29, 1.82) is 0 Å². The number of benzene rings is 2. The van der Waals surface area contributed by atoms with Crippen molar-refractivity contribution in [2.75, 3.05) is 13.7 Å². The van der Waals surface area contributed by atoms with Crippen LogP contribution in [0.3, 0.4) is 0 Å². The Morgan fingerprint density at radius 2 is 1.74 bits per heavy atom. The van der Waals surface area contributed by atoms with Gasteiger partial charge in [-0.1, -0.05) is 35.9 Å². The molecule has 1 unspecified atom stereocenters. The van der Waals surface area contributed by atoms with E-state index in [1.54, 1.807) is 24.3 Å². The van der Waals surface area contributed by atoms with Gasteiger partial charge in [0.25, 0.3) is 0 Å². The zero-order chi connectivity index (χ0) is 17.1. The fraction of sp³-hybridized carbons (Fsp3) is 0.235. The molecule has 124 valence electrons. The van der Waals surface area contributed by atoms with E-state index in [0.717, 1.165) is 17.8 Å². The Morgan fingerprint density at radius 3 is 2.26 bits per heavy atom. The molecule has 0 radical (unpaired) electrons. The summed E-state index contributed by atoms with van der Waals surface area (Å²) in [6, 6.07) is 16.6. The smallest absolute Gasteiger partial charge is 0.311 e. The number of ether oxygens (including phenoxy) is 1. The van der Waals surface area contributed by atoms with E-state index in [-0.39, 0.29) is 5.97 Å². The van der Waals surface area contributed by atoms with E-state index in [1.807, 2.05) is 42.6 Å². The van der Waals surface area contributed by atoms with Gasteiger partial charge in [0.05, 0.1) is 20.1 Å². The predicted molar refractivity (Wildman–Crippen MR) is 87.9 cm³/mol. The fourth-order valence-corrected chi connectivity index (χ4v) is 2.06.